The second-order valence-corrected chi connectivity index (χ2v) is 8.09. The van der Waals surface area contributed by atoms with Crippen LogP contribution in [0.4, 0.5) is 11.6 Å². The molecule has 10 nitrogen and oxygen atoms in total. The van der Waals surface area contributed by atoms with E-state index in [-0.39, 0.29) is 30.4 Å². The molecule has 0 bridgehead atoms. The fourth-order valence-corrected chi connectivity index (χ4v) is 4.18. The van der Waals surface area contributed by atoms with Crippen molar-refractivity contribution in [2.45, 2.75) is 19.9 Å². The van der Waals surface area contributed by atoms with Gasteiger partial charge in [0.1, 0.15) is 11.5 Å². The lowest BCUT2D eigenvalue weighted by Gasteiger charge is -2.21. The van der Waals surface area contributed by atoms with Crippen molar-refractivity contribution in [1.82, 2.24) is 15.0 Å². The van der Waals surface area contributed by atoms with E-state index in [9.17, 15) is 14.4 Å². The summed E-state index contributed by atoms with van der Waals surface area (Å²) in [6.45, 7) is 2.31. The number of hydrogen-bond donors (Lipinski definition) is 2. The molecule has 2 aromatic carbocycles. The minimum atomic E-state index is -0.632. The van der Waals surface area contributed by atoms with Crippen molar-refractivity contribution in [3.63, 3.8) is 0 Å². The van der Waals surface area contributed by atoms with Crippen molar-refractivity contribution in [2.24, 2.45) is 5.92 Å². The van der Waals surface area contributed by atoms with E-state index in [0.29, 0.717) is 39.7 Å². The van der Waals surface area contributed by atoms with Crippen molar-refractivity contribution in [1.29, 1.82) is 0 Å². The van der Waals surface area contributed by atoms with Crippen LogP contribution in [0.25, 0.3) is 10.9 Å². The zero-order valence-electron chi connectivity index (χ0n) is 18.9. The summed E-state index contributed by atoms with van der Waals surface area (Å²) < 4.78 is 12.0. The van der Waals surface area contributed by atoms with Gasteiger partial charge in [-0.15, -0.1) is 0 Å². The lowest BCUT2D eigenvalue weighted by molar-refractivity contribution is -0.125. The number of para-hydroxylation sites is 1. The monoisotopic (exact) mass is 485 g/mol. The molecule has 1 aliphatic rings. The molecule has 3 aromatic rings. The molecule has 2 heterocycles. The smallest absolute Gasteiger partial charge is 0.262 e. The van der Waals surface area contributed by atoms with Crippen molar-refractivity contribution in [3.8, 4) is 11.5 Å². The first-order valence-electron chi connectivity index (χ1n) is 10.6. The van der Waals surface area contributed by atoms with Gasteiger partial charge in [0.05, 0.1) is 41.8 Å². The molecule has 1 unspecified atom stereocenters. The van der Waals surface area contributed by atoms with Crippen LogP contribution in [0.15, 0.2) is 41.2 Å². The summed E-state index contributed by atoms with van der Waals surface area (Å²) in [6, 6.07) is 10.2. The predicted octanol–water partition coefficient (Wildman–Crippen LogP) is 2.58. The van der Waals surface area contributed by atoms with Gasteiger partial charge in [-0.2, -0.15) is 0 Å². The standard InChI is InChI=1S/C23H24ClN5O5/c1-4-28-22(32)14-7-5-6-8-16(14)25-23(28)27-26-21(31)13-9-20(30)29(12-13)17-10-15(24)18(33-2)11-19(17)34-3/h5-8,10-11,13H,4,9,12H2,1-3H3,(H,25,27)(H,26,31). The van der Waals surface area contributed by atoms with Gasteiger partial charge in [-0.1, -0.05) is 23.7 Å². The van der Waals surface area contributed by atoms with Gasteiger partial charge in [0.25, 0.3) is 5.56 Å². The van der Waals surface area contributed by atoms with E-state index < -0.39 is 11.8 Å². The summed E-state index contributed by atoms with van der Waals surface area (Å²) >= 11 is 6.24. The van der Waals surface area contributed by atoms with Crippen LogP contribution < -0.4 is 30.8 Å². The second kappa shape index (κ2) is 9.60. The van der Waals surface area contributed by atoms with E-state index in [4.69, 9.17) is 21.1 Å². The number of hydrazine groups is 1. The molecule has 0 spiro atoms. The zero-order valence-corrected chi connectivity index (χ0v) is 19.7. The summed E-state index contributed by atoms with van der Waals surface area (Å²) in [7, 11) is 2.96. The van der Waals surface area contributed by atoms with E-state index in [1.165, 1.54) is 23.7 Å². The second-order valence-electron chi connectivity index (χ2n) is 7.68. The average molecular weight is 486 g/mol. The van der Waals surface area contributed by atoms with Gasteiger partial charge in [-0.25, -0.2) is 4.98 Å². The minimum Gasteiger partial charge on any atom is -0.495 e. The highest BCUT2D eigenvalue weighted by atomic mass is 35.5. The third kappa shape index (κ3) is 4.24. The molecular formula is C23H24ClN5O5. The Labute approximate surface area is 200 Å². The fraction of sp³-hybridized carbons (Fsp3) is 0.304. The number of anilines is 2. The van der Waals surface area contributed by atoms with Crippen LogP contribution in [-0.2, 0) is 16.1 Å². The Kier molecular flexibility index (Phi) is 6.60. The Balaban J connectivity index is 1.51. The SMILES string of the molecule is CCn1c(NNC(=O)C2CC(=O)N(c3cc(Cl)c(OC)cc3OC)C2)nc2ccccc2c1=O. The average Bonchev–Trinajstić information content (AvgIpc) is 3.24. The summed E-state index contributed by atoms with van der Waals surface area (Å²) in [4.78, 5) is 44.2. The Morgan fingerprint density at radius 3 is 2.62 bits per heavy atom. The van der Waals surface area contributed by atoms with E-state index in [1.807, 2.05) is 6.92 Å². The molecular weight excluding hydrogens is 462 g/mol. The summed E-state index contributed by atoms with van der Waals surface area (Å²) in [6.07, 6.45) is 0.00600. The minimum absolute atomic E-state index is 0.00600. The molecule has 1 aromatic heterocycles. The van der Waals surface area contributed by atoms with Crippen molar-refractivity contribution in [3.05, 3.63) is 51.8 Å². The molecule has 11 heteroatoms. The van der Waals surface area contributed by atoms with Crippen LogP contribution in [0.5, 0.6) is 11.5 Å². The summed E-state index contributed by atoms with van der Waals surface area (Å²) in [5, 5.41) is 0.811. The van der Waals surface area contributed by atoms with E-state index in [1.54, 1.807) is 36.4 Å². The number of methoxy groups -OCH3 is 2. The first-order chi connectivity index (χ1) is 16.4. The number of hydrogen-bond acceptors (Lipinski definition) is 7. The normalized spacial score (nSPS) is 15.5. The number of nitrogens with zero attached hydrogens (tertiary/aromatic N) is 3. The molecule has 2 amide bonds. The lowest BCUT2D eigenvalue weighted by atomic mass is 10.1. The van der Waals surface area contributed by atoms with Crippen LogP contribution in [-0.4, -0.2) is 42.1 Å². The van der Waals surface area contributed by atoms with E-state index in [0.717, 1.165) is 0 Å². The van der Waals surface area contributed by atoms with Gasteiger partial charge < -0.3 is 14.4 Å². The van der Waals surface area contributed by atoms with Gasteiger partial charge in [0, 0.05) is 25.6 Å². The first-order valence-corrected chi connectivity index (χ1v) is 11.0. The number of benzene rings is 2. The number of halogens is 1. The number of carbonyl (C=O) groups excluding carboxylic acids is 2. The molecule has 2 N–H and O–H groups in total. The zero-order chi connectivity index (χ0) is 24.4. The Bertz CT molecular complexity index is 1330. The van der Waals surface area contributed by atoms with Crippen LogP contribution >= 0.6 is 11.6 Å². The van der Waals surface area contributed by atoms with Crippen LogP contribution in [0.1, 0.15) is 13.3 Å². The van der Waals surface area contributed by atoms with Crippen LogP contribution in [0.2, 0.25) is 5.02 Å². The number of ether oxygens (including phenoxy) is 2. The highest BCUT2D eigenvalue weighted by Crippen LogP contribution is 2.40. The third-order valence-corrected chi connectivity index (χ3v) is 6.01. The molecule has 1 aliphatic heterocycles. The maximum absolute atomic E-state index is 12.9. The Hall–Kier alpha value is -3.79. The number of fused-ring (bicyclic) bond motifs is 1. The molecule has 1 atom stereocenters. The van der Waals surface area contributed by atoms with Gasteiger partial charge in [-0.05, 0) is 25.1 Å². The third-order valence-electron chi connectivity index (χ3n) is 5.72. The van der Waals surface area contributed by atoms with Crippen molar-refractivity contribution < 1.29 is 19.1 Å². The molecule has 1 saturated heterocycles. The topological polar surface area (TPSA) is 115 Å². The molecule has 34 heavy (non-hydrogen) atoms. The molecule has 0 aliphatic carbocycles. The summed E-state index contributed by atoms with van der Waals surface area (Å²) in [5.41, 5.74) is 6.10. The van der Waals surface area contributed by atoms with Gasteiger partial charge in [0.15, 0.2) is 0 Å². The van der Waals surface area contributed by atoms with Gasteiger partial charge >= 0.3 is 0 Å². The van der Waals surface area contributed by atoms with Crippen molar-refractivity contribution in [2.75, 3.05) is 31.1 Å². The lowest BCUT2D eigenvalue weighted by Crippen LogP contribution is -2.39. The highest BCUT2D eigenvalue weighted by molar-refractivity contribution is 6.32. The number of nitrogens with one attached hydrogen (secondary N) is 2. The Morgan fingerprint density at radius 1 is 1.18 bits per heavy atom. The molecule has 0 radical (unpaired) electrons. The first kappa shape index (κ1) is 23.4. The highest BCUT2D eigenvalue weighted by Gasteiger charge is 2.37. The van der Waals surface area contributed by atoms with Gasteiger partial charge in [-0.3, -0.25) is 29.8 Å². The molecule has 0 saturated carbocycles. The maximum atomic E-state index is 12.9. The molecule has 4 rings (SSSR count). The van der Waals surface area contributed by atoms with E-state index >= 15 is 0 Å². The van der Waals surface area contributed by atoms with Gasteiger partial charge in [0.2, 0.25) is 17.8 Å². The van der Waals surface area contributed by atoms with E-state index in [2.05, 4.69) is 15.8 Å². The number of rotatable bonds is 7. The number of aromatic nitrogens is 2. The molecule has 178 valence electrons. The predicted molar refractivity (Wildman–Crippen MR) is 128 cm³/mol. The number of amides is 2. The number of carbonyl (C=O) groups is 2. The summed E-state index contributed by atoms with van der Waals surface area (Å²) in [5.74, 6) is -0.246. The Morgan fingerprint density at radius 2 is 1.91 bits per heavy atom. The van der Waals surface area contributed by atoms with Crippen LogP contribution in [0, 0.1) is 5.92 Å². The van der Waals surface area contributed by atoms with Crippen molar-refractivity contribution >= 4 is 46.0 Å². The largest absolute Gasteiger partial charge is 0.495 e. The molecule has 1 fully saturated rings. The maximum Gasteiger partial charge on any atom is 0.262 e. The fourth-order valence-electron chi connectivity index (χ4n) is 3.95. The van der Waals surface area contributed by atoms with Crippen LogP contribution in [0.3, 0.4) is 0 Å². The quantitative estimate of drug-likeness (QED) is 0.494.